The Bertz CT molecular complexity index is 525. The van der Waals surface area contributed by atoms with Crippen molar-refractivity contribution in [3.8, 4) is 0 Å². The van der Waals surface area contributed by atoms with E-state index in [0.29, 0.717) is 11.5 Å². The van der Waals surface area contributed by atoms with Gasteiger partial charge in [-0.2, -0.15) is 0 Å². The van der Waals surface area contributed by atoms with Crippen molar-refractivity contribution in [1.82, 2.24) is 4.98 Å². The zero-order chi connectivity index (χ0) is 10.8. The molecule has 1 heterocycles. The molecule has 0 fully saturated rings. The average molecular weight is 203 g/mol. The molecule has 5 nitrogen and oxygen atoms in total. The Morgan fingerprint density at radius 2 is 2.20 bits per heavy atom. The fourth-order valence-corrected chi connectivity index (χ4v) is 1.40. The number of aromatic nitrogens is 1. The van der Waals surface area contributed by atoms with Crippen LogP contribution in [-0.2, 0) is 0 Å². The number of nitrogens with zero attached hydrogens (tertiary/aromatic N) is 1. The maximum atomic E-state index is 10.5. The Hall–Kier alpha value is -2.30. The molecule has 1 amide bonds. The molecule has 0 bridgehead atoms. The number of nitrogens with two attached hydrogens (primary N) is 1. The molecule has 1 aromatic heterocycles. The van der Waals surface area contributed by atoms with Crippen LogP contribution in [0.25, 0.3) is 10.8 Å². The molecule has 2 aromatic rings. The molecule has 4 N–H and O–H groups in total. The number of benzene rings is 1. The first-order valence-corrected chi connectivity index (χ1v) is 4.31. The molecule has 0 unspecified atom stereocenters. The summed E-state index contributed by atoms with van der Waals surface area (Å²) in [6.45, 7) is 0. The van der Waals surface area contributed by atoms with Gasteiger partial charge in [-0.3, -0.25) is 5.32 Å². The number of anilines is 2. The summed E-state index contributed by atoms with van der Waals surface area (Å²) < 4.78 is 0. The van der Waals surface area contributed by atoms with Crippen molar-refractivity contribution in [3.63, 3.8) is 0 Å². The SMILES string of the molecule is Nc1ccc2c(NC(=O)O)nccc2c1. The van der Waals surface area contributed by atoms with Gasteiger partial charge in [0, 0.05) is 17.3 Å². The number of fused-ring (bicyclic) bond motifs is 1. The molecule has 1 aromatic carbocycles. The van der Waals surface area contributed by atoms with Gasteiger partial charge in [-0.05, 0) is 29.7 Å². The van der Waals surface area contributed by atoms with Gasteiger partial charge in [0.25, 0.3) is 0 Å². The molecule has 5 heteroatoms. The molecule has 15 heavy (non-hydrogen) atoms. The summed E-state index contributed by atoms with van der Waals surface area (Å²) in [5.74, 6) is 0.319. The first-order valence-electron chi connectivity index (χ1n) is 4.31. The van der Waals surface area contributed by atoms with Crippen molar-refractivity contribution in [3.05, 3.63) is 30.5 Å². The lowest BCUT2D eigenvalue weighted by atomic mass is 10.1. The Labute approximate surface area is 85.5 Å². The predicted octanol–water partition coefficient (Wildman–Crippen LogP) is 1.91. The lowest BCUT2D eigenvalue weighted by Gasteiger charge is -2.05. The van der Waals surface area contributed by atoms with Crippen LogP contribution in [0.4, 0.5) is 16.3 Å². The van der Waals surface area contributed by atoms with Gasteiger partial charge in [-0.15, -0.1) is 0 Å². The summed E-state index contributed by atoms with van der Waals surface area (Å²) >= 11 is 0. The molecule has 76 valence electrons. The van der Waals surface area contributed by atoms with Gasteiger partial charge in [0.2, 0.25) is 0 Å². The highest BCUT2D eigenvalue weighted by Crippen LogP contribution is 2.22. The maximum Gasteiger partial charge on any atom is 0.410 e. The second-order valence-electron chi connectivity index (χ2n) is 3.07. The van der Waals surface area contributed by atoms with E-state index >= 15 is 0 Å². The third-order valence-corrected chi connectivity index (χ3v) is 2.01. The van der Waals surface area contributed by atoms with Crippen LogP contribution >= 0.6 is 0 Å². The zero-order valence-electron chi connectivity index (χ0n) is 7.77. The molecule has 0 aliphatic rings. The van der Waals surface area contributed by atoms with Crippen molar-refractivity contribution in [2.24, 2.45) is 0 Å². The van der Waals surface area contributed by atoms with Gasteiger partial charge in [0.15, 0.2) is 0 Å². The highest BCUT2D eigenvalue weighted by molar-refractivity contribution is 5.98. The van der Waals surface area contributed by atoms with Crippen molar-refractivity contribution in [2.45, 2.75) is 0 Å². The minimum atomic E-state index is -1.13. The number of nitrogen functional groups attached to an aromatic ring is 1. The van der Waals surface area contributed by atoms with Gasteiger partial charge in [0.05, 0.1) is 0 Å². The summed E-state index contributed by atoms with van der Waals surface area (Å²) in [4.78, 5) is 14.4. The number of amides is 1. The number of rotatable bonds is 1. The van der Waals surface area contributed by atoms with Gasteiger partial charge >= 0.3 is 6.09 Å². The second-order valence-corrected chi connectivity index (χ2v) is 3.07. The van der Waals surface area contributed by atoms with E-state index in [1.54, 1.807) is 24.3 Å². The monoisotopic (exact) mass is 203 g/mol. The molecule has 0 aliphatic heterocycles. The molecule has 0 spiro atoms. The fourth-order valence-electron chi connectivity index (χ4n) is 1.40. The first-order chi connectivity index (χ1) is 7.16. The van der Waals surface area contributed by atoms with Gasteiger partial charge in [0.1, 0.15) is 5.82 Å². The molecule has 0 atom stereocenters. The lowest BCUT2D eigenvalue weighted by molar-refractivity contribution is 0.209. The summed E-state index contributed by atoms with van der Waals surface area (Å²) in [7, 11) is 0. The van der Waals surface area contributed by atoms with Crippen LogP contribution in [0.2, 0.25) is 0 Å². The van der Waals surface area contributed by atoms with E-state index in [1.165, 1.54) is 6.20 Å². The molecule has 0 aliphatic carbocycles. The standard InChI is InChI=1S/C10H9N3O2/c11-7-1-2-8-6(5-7)3-4-12-9(8)13-10(14)15/h1-5H,11H2,(H,12,13)(H,14,15). The van der Waals surface area contributed by atoms with E-state index in [2.05, 4.69) is 10.3 Å². The van der Waals surface area contributed by atoms with E-state index < -0.39 is 6.09 Å². The number of carbonyl (C=O) groups is 1. The minimum absolute atomic E-state index is 0.319. The summed E-state index contributed by atoms with van der Waals surface area (Å²) in [5, 5.41) is 12.4. The zero-order valence-corrected chi connectivity index (χ0v) is 7.77. The molecular formula is C10H9N3O2. The molecule has 2 rings (SSSR count). The summed E-state index contributed by atoms with van der Waals surface area (Å²) in [6.07, 6.45) is 0.402. The molecule has 0 saturated heterocycles. The number of pyridine rings is 1. The van der Waals surface area contributed by atoms with E-state index in [1.807, 2.05) is 0 Å². The Morgan fingerprint density at radius 1 is 1.40 bits per heavy atom. The van der Waals surface area contributed by atoms with Crippen LogP contribution in [0, 0.1) is 0 Å². The van der Waals surface area contributed by atoms with Gasteiger partial charge < -0.3 is 10.8 Å². The topological polar surface area (TPSA) is 88.2 Å². The number of hydrogen-bond donors (Lipinski definition) is 3. The highest BCUT2D eigenvalue weighted by Gasteiger charge is 2.04. The van der Waals surface area contributed by atoms with E-state index in [9.17, 15) is 4.79 Å². The van der Waals surface area contributed by atoms with Crippen LogP contribution in [0.5, 0.6) is 0 Å². The number of hydrogen-bond acceptors (Lipinski definition) is 3. The van der Waals surface area contributed by atoms with Crippen LogP contribution in [0.15, 0.2) is 30.5 Å². The van der Waals surface area contributed by atoms with Crippen molar-refractivity contribution >= 4 is 28.4 Å². The van der Waals surface area contributed by atoms with E-state index in [4.69, 9.17) is 10.8 Å². The molecular weight excluding hydrogens is 194 g/mol. The normalized spacial score (nSPS) is 10.1. The van der Waals surface area contributed by atoms with E-state index in [0.717, 1.165) is 10.8 Å². The van der Waals surface area contributed by atoms with Crippen LogP contribution in [0.1, 0.15) is 0 Å². The smallest absolute Gasteiger partial charge is 0.410 e. The molecule has 0 saturated carbocycles. The van der Waals surface area contributed by atoms with E-state index in [-0.39, 0.29) is 0 Å². The maximum absolute atomic E-state index is 10.5. The fraction of sp³-hybridized carbons (Fsp3) is 0. The highest BCUT2D eigenvalue weighted by atomic mass is 16.4. The summed E-state index contributed by atoms with van der Waals surface area (Å²) in [6, 6.07) is 6.99. The third kappa shape index (κ3) is 1.80. The minimum Gasteiger partial charge on any atom is -0.465 e. The summed E-state index contributed by atoms with van der Waals surface area (Å²) in [5.41, 5.74) is 6.25. The van der Waals surface area contributed by atoms with Crippen molar-refractivity contribution in [1.29, 1.82) is 0 Å². The van der Waals surface area contributed by atoms with Crippen LogP contribution in [-0.4, -0.2) is 16.2 Å². The third-order valence-electron chi connectivity index (χ3n) is 2.01. The largest absolute Gasteiger partial charge is 0.465 e. The number of nitrogens with one attached hydrogen (secondary N) is 1. The average Bonchev–Trinajstić information content (AvgIpc) is 2.16. The van der Waals surface area contributed by atoms with Crippen molar-refractivity contribution < 1.29 is 9.90 Å². The van der Waals surface area contributed by atoms with Crippen LogP contribution in [0.3, 0.4) is 0 Å². The number of carboxylic acid groups (broad SMARTS) is 1. The first kappa shape index (κ1) is 9.26. The lowest BCUT2D eigenvalue weighted by Crippen LogP contribution is -2.08. The molecule has 0 radical (unpaired) electrons. The second kappa shape index (κ2) is 3.45. The Balaban J connectivity index is 2.60. The van der Waals surface area contributed by atoms with Crippen molar-refractivity contribution in [2.75, 3.05) is 11.1 Å². The quantitative estimate of drug-likeness (QED) is 0.617. The van der Waals surface area contributed by atoms with Gasteiger partial charge in [-0.25, -0.2) is 9.78 Å². The van der Waals surface area contributed by atoms with Crippen LogP contribution < -0.4 is 11.1 Å². The van der Waals surface area contributed by atoms with Gasteiger partial charge in [-0.1, -0.05) is 0 Å². The Morgan fingerprint density at radius 3 is 2.93 bits per heavy atom. The Kier molecular flexibility index (Phi) is 2.13. The predicted molar refractivity (Wildman–Crippen MR) is 57.8 cm³/mol.